The first-order valence-electron chi connectivity index (χ1n) is 2.92. The maximum absolute atomic E-state index is 10.9. The molecule has 0 saturated heterocycles. The van der Waals surface area contributed by atoms with Crippen LogP contribution < -0.4 is 10.7 Å². The summed E-state index contributed by atoms with van der Waals surface area (Å²) >= 11 is 0. The number of carbonyl (C=O) groups excluding carboxylic acids is 1. The molecule has 10 heavy (non-hydrogen) atoms. The molecule has 52 valence electrons. The van der Waals surface area contributed by atoms with E-state index in [1.807, 2.05) is 0 Å². The molecule has 0 bridgehead atoms. The summed E-state index contributed by atoms with van der Waals surface area (Å²) in [5.41, 5.74) is 3.44. The third-order valence-corrected chi connectivity index (χ3v) is 1.37. The van der Waals surface area contributed by atoms with Gasteiger partial charge in [-0.1, -0.05) is 0 Å². The van der Waals surface area contributed by atoms with Crippen molar-refractivity contribution >= 4 is 5.91 Å². The Morgan fingerprint density at radius 1 is 1.70 bits per heavy atom. The van der Waals surface area contributed by atoms with Gasteiger partial charge < -0.3 is 10.7 Å². The van der Waals surface area contributed by atoms with Crippen LogP contribution in [0, 0.1) is 0 Å². The first-order chi connectivity index (χ1) is 4.88. The van der Waals surface area contributed by atoms with Crippen LogP contribution in [0.2, 0.25) is 0 Å². The standard InChI is InChI=1S/C5H6N4O/c10-5-4-1-6-3-9(4)8-2-7-5/h1,3,8H,2H2,(H,7,10). The van der Waals surface area contributed by atoms with Crippen LogP contribution in [0.15, 0.2) is 12.5 Å². The number of imidazole rings is 1. The normalized spacial score (nSPS) is 15.4. The monoisotopic (exact) mass is 138 g/mol. The molecule has 0 unspecified atom stereocenters. The lowest BCUT2D eigenvalue weighted by Crippen LogP contribution is -2.40. The van der Waals surface area contributed by atoms with Gasteiger partial charge in [0.25, 0.3) is 5.91 Å². The second-order valence-corrected chi connectivity index (χ2v) is 1.99. The average molecular weight is 138 g/mol. The van der Waals surface area contributed by atoms with Crippen LogP contribution in [-0.4, -0.2) is 22.2 Å². The molecule has 0 radical (unpaired) electrons. The van der Waals surface area contributed by atoms with Crippen molar-refractivity contribution in [3.8, 4) is 0 Å². The minimum absolute atomic E-state index is 0.0868. The van der Waals surface area contributed by atoms with Crippen LogP contribution in [-0.2, 0) is 0 Å². The minimum Gasteiger partial charge on any atom is -0.332 e. The predicted octanol–water partition coefficient (Wildman–Crippen LogP) is -0.873. The van der Waals surface area contributed by atoms with E-state index >= 15 is 0 Å². The summed E-state index contributed by atoms with van der Waals surface area (Å²) in [6.07, 6.45) is 3.08. The Kier molecular flexibility index (Phi) is 0.913. The summed E-state index contributed by atoms with van der Waals surface area (Å²) in [6, 6.07) is 0. The summed E-state index contributed by atoms with van der Waals surface area (Å²) in [5.74, 6) is -0.0868. The molecule has 5 nitrogen and oxygen atoms in total. The van der Waals surface area contributed by atoms with Crippen LogP contribution in [0.25, 0.3) is 0 Å². The van der Waals surface area contributed by atoms with Crippen LogP contribution in [0.4, 0.5) is 0 Å². The highest BCUT2D eigenvalue weighted by atomic mass is 16.2. The van der Waals surface area contributed by atoms with Gasteiger partial charge in [-0.2, -0.15) is 0 Å². The van der Waals surface area contributed by atoms with Crippen molar-refractivity contribution in [2.24, 2.45) is 0 Å². The molecule has 2 heterocycles. The SMILES string of the molecule is O=C1NCNn2cncc21. The molecular formula is C5H6N4O. The number of amides is 1. The van der Waals surface area contributed by atoms with Crippen molar-refractivity contribution in [3.63, 3.8) is 0 Å². The van der Waals surface area contributed by atoms with Crippen molar-refractivity contribution in [2.75, 3.05) is 12.1 Å². The summed E-state index contributed by atoms with van der Waals surface area (Å²) in [4.78, 5) is 14.7. The fourth-order valence-electron chi connectivity index (χ4n) is 0.885. The number of aromatic nitrogens is 2. The Balaban J connectivity index is 2.50. The van der Waals surface area contributed by atoms with Gasteiger partial charge in [-0.25, -0.2) is 9.66 Å². The molecule has 1 aliphatic rings. The molecule has 0 spiro atoms. The molecule has 1 aromatic heterocycles. The van der Waals surface area contributed by atoms with E-state index < -0.39 is 0 Å². The Bertz CT molecular complexity index is 266. The number of carbonyl (C=O) groups is 1. The zero-order chi connectivity index (χ0) is 6.97. The number of rotatable bonds is 0. The Morgan fingerprint density at radius 3 is 3.40 bits per heavy atom. The van der Waals surface area contributed by atoms with E-state index in [0.717, 1.165) is 0 Å². The smallest absolute Gasteiger partial charge is 0.272 e. The summed E-state index contributed by atoms with van der Waals surface area (Å²) in [5, 5.41) is 2.61. The summed E-state index contributed by atoms with van der Waals surface area (Å²) in [6.45, 7) is 0.461. The van der Waals surface area contributed by atoms with E-state index in [1.54, 1.807) is 11.0 Å². The number of nitrogens with one attached hydrogen (secondary N) is 2. The fourth-order valence-corrected chi connectivity index (χ4v) is 0.885. The molecule has 1 aromatic rings. The number of hydrogen-bond donors (Lipinski definition) is 2. The molecular weight excluding hydrogens is 132 g/mol. The van der Waals surface area contributed by atoms with Gasteiger partial charge in [-0.05, 0) is 0 Å². The number of nitrogens with zero attached hydrogens (tertiary/aromatic N) is 2. The van der Waals surface area contributed by atoms with Gasteiger partial charge in [0.05, 0.1) is 6.20 Å². The average Bonchev–Trinajstić information content (AvgIpc) is 2.36. The van der Waals surface area contributed by atoms with Crippen molar-refractivity contribution in [1.82, 2.24) is 15.0 Å². The molecule has 0 atom stereocenters. The predicted molar refractivity (Wildman–Crippen MR) is 33.9 cm³/mol. The summed E-state index contributed by atoms with van der Waals surface area (Å²) in [7, 11) is 0. The van der Waals surface area contributed by atoms with Crippen LogP contribution >= 0.6 is 0 Å². The highest BCUT2D eigenvalue weighted by Crippen LogP contribution is 1.98. The van der Waals surface area contributed by atoms with E-state index in [2.05, 4.69) is 15.7 Å². The van der Waals surface area contributed by atoms with Gasteiger partial charge in [-0.15, -0.1) is 0 Å². The first-order valence-corrected chi connectivity index (χ1v) is 2.92. The van der Waals surface area contributed by atoms with E-state index in [9.17, 15) is 4.79 Å². The van der Waals surface area contributed by atoms with Crippen LogP contribution in [0.3, 0.4) is 0 Å². The number of fused-ring (bicyclic) bond motifs is 1. The van der Waals surface area contributed by atoms with Crippen molar-refractivity contribution in [2.45, 2.75) is 0 Å². The zero-order valence-corrected chi connectivity index (χ0v) is 5.16. The Morgan fingerprint density at radius 2 is 2.60 bits per heavy atom. The Labute approximate surface area is 57.0 Å². The topological polar surface area (TPSA) is 59.0 Å². The second-order valence-electron chi connectivity index (χ2n) is 1.99. The molecule has 1 amide bonds. The molecule has 2 N–H and O–H groups in total. The van der Waals surface area contributed by atoms with Crippen molar-refractivity contribution < 1.29 is 4.79 Å². The van der Waals surface area contributed by atoms with E-state index in [-0.39, 0.29) is 5.91 Å². The fraction of sp³-hybridized carbons (Fsp3) is 0.200. The van der Waals surface area contributed by atoms with Crippen molar-refractivity contribution in [3.05, 3.63) is 18.2 Å². The van der Waals surface area contributed by atoms with Crippen LogP contribution in [0.5, 0.6) is 0 Å². The molecule has 0 aromatic carbocycles. The maximum Gasteiger partial charge on any atom is 0.272 e. The molecule has 0 saturated carbocycles. The van der Waals surface area contributed by atoms with Gasteiger partial charge in [0.15, 0.2) is 0 Å². The zero-order valence-electron chi connectivity index (χ0n) is 5.16. The third-order valence-electron chi connectivity index (χ3n) is 1.37. The second kappa shape index (κ2) is 1.73. The molecule has 2 rings (SSSR count). The highest BCUT2D eigenvalue weighted by Gasteiger charge is 2.14. The van der Waals surface area contributed by atoms with E-state index in [4.69, 9.17) is 0 Å². The summed E-state index contributed by atoms with van der Waals surface area (Å²) < 4.78 is 1.60. The van der Waals surface area contributed by atoms with Crippen molar-refractivity contribution in [1.29, 1.82) is 0 Å². The maximum atomic E-state index is 10.9. The van der Waals surface area contributed by atoms with Gasteiger partial charge in [0, 0.05) is 0 Å². The van der Waals surface area contributed by atoms with E-state index in [1.165, 1.54) is 6.20 Å². The number of hydrogen-bond acceptors (Lipinski definition) is 3. The molecule has 5 heteroatoms. The van der Waals surface area contributed by atoms with Gasteiger partial charge in [0.2, 0.25) is 0 Å². The minimum atomic E-state index is -0.0868. The third kappa shape index (κ3) is 0.570. The highest BCUT2D eigenvalue weighted by molar-refractivity contribution is 5.93. The lowest BCUT2D eigenvalue weighted by molar-refractivity contribution is 0.0936. The Hall–Kier alpha value is -1.52. The molecule has 0 fully saturated rings. The first kappa shape index (κ1) is 5.28. The quantitative estimate of drug-likeness (QED) is 0.490. The van der Waals surface area contributed by atoms with Gasteiger partial charge in [0.1, 0.15) is 18.7 Å². The lowest BCUT2D eigenvalue weighted by atomic mass is 10.4. The largest absolute Gasteiger partial charge is 0.332 e. The van der Waals surface area contributed by atoms with E-state index in [0.29, 0.717) is 12.4 Å². The lowest BCUT2D eigenvalue weighted by Gasteiger charge is -2.16. The van der Waals surface area contributed by atoms with Crippen LogP contribution in [0.1, 0.15) is 10.5 Å². The van der Waals surface area contributed by atoms with Gasteiger partial charge >= 0.3 is 0 Å². The molecule has 1 aliphatic heterocycles. The molecule has 0 aliphatic carbocycles. The van der Waals surface area contributed by atoms with Gasteiger partial charge in [-0.3, -0.25) is 4.79 Å².